The first kappa shape index (κ1) is 13.6. The lowest BCUT2D eigenvalue weighted by Crippen LogP contribution is -2.28. The minimum Gasteiger partial charge on any atom is -0.368 e. The van der Waals surface area contributed by atoms with E-state index in [1.807, 2.05) is 12.1 Å². The fourth-order valence-corrected chi connectivity index (χ4v) is 2.54. The fraction of sp³-hybridized carbons (Fsp3) is 0.533. The van der Waals surface area contributed by atoms with Crippen molar-refractivity contribution >= 4 is 27.9 Å². The number of carbonyl (C=O) groups is 1. The minimum absolute atomic E-state index is 0.642. The second kappa shape index (κ2) is 5.87. The van der Waals surface area contributed by atoms with E-state index in [0.717, 1.165) is 28.6 Å². The molecule has 0 N–H and O–H groups in total. The summed E-state index contributed by atoms with van der Waals surface area (Å²) >= 11 is 3.42. The van der Waals surface area contributed by atoms with Crippen LogP contribution in [0.25, 0.3) is 0 Å². The lowest BCUT2D eigenvalue weighted by Gasteiger charge is -2.27. The molecule has 0 bridgehead atoms. The van der Waals surface area contributed by atoms with Gasteiger partial charge in [0, 0.05) is 28.3 Å². The van der Waals surface area contributed by atoms with E-state index < -0.39 is 0 Å². The molecule has 1 aliphatic rings. The zero-order chi connectivity index (χ0) is 13.1. The molecule has 0 aliphatic heterocycles. The van der Waals surface area contributed by atoms with E-state index in [1.54, 1.807) is 0 Å². The molecule has 0 aromatic heterocycles. The maximum Gasteiger partial charge on any atom is 0.152 e. The summed E-state index contributed by atoms with van der Waals surface area (Å²) in [5, 5.41) is 0. The lowest BCUT2D eigenvalue weighted by molar-refractivity contribution is 0.112. The van der Waals surface area contributed by atoms with E-state index in [-0.39, 0.29) is 0 Å². The Morgan fingerprint density at radius 2 is 2.17 bits per heavy atom. The second-order valence-corrected chi connectivity index (χ2v) is 6.34. The van der Waals surface area contributed by atoms with Gasteiger partial charge in [-0.1, -0.05) is 29.8 Å². The Morgan fingerprint density at radius 3 is 2.72 bits per heavy atom. The van der Waals surface area contributed by atoms with Crippen molar-refractivity contribution in [3.8, 4) is 0 Å². The van der Waals surface area contributed by atoms with Crippen molar-refractivity contribution in [2.24, 2.45) is 5.92 Å². The highest BCUT2D eigenvalue weighted by Gasteiger charge is 2.30. The third-order valence-corrected chi connectivity index (χ3v) is 3.85. The van der Waals surface area contributed by atoms with E-state index in [9.17, 15) is 4.79 Å². The van der Waals surface area contributed by atoms with E-state index >= 15 is 0 Å². The molecule has 98 valence electrons. The zero-order valence-electron chi connectivity index (χ0n) is 11.0. The molecule has 1 aromatic carbocycles. The van der Waals surface area contributed by atoms with Crippen molar-refractivity contribution in [1.82, 2.24) is 0 Å². The predicted octanol–water partition coefficient (Wildman–Crippen LogP) is 4.28. The first-order valence-electron chi connectivity index (χ1n) is 6.63. The molecule has 0 amide bonds. The van der Waals surface area contributed by atoms with Gasteiger partial charge in [-0.25, -0.2) is 0 Å². The summed E-state index contributed by atoms with van der Waals surface area (Å²) in [6, 6.07) is 6.63. The molecule has 0 atom stereocenters. The summed E-state index contributed by atoms with van der Waals surface area (Å²) in [5.74, 6) is 0.696. The molecule has 1 aromatic rings. The van der Waals surface area contributed by atoms with Gasteiger partial charge in [0.05, 0.1) is 0 Å². The monoisotopic (exact) mass is 309 g/mol. The number of nitrogens with zero attached hydrogens (tertiary/aromatic N) is 1. The van der Waals surface area contributed by atoms with Crippen molar-refractivity contribution in [2.45, 2.75) is 39.2 Å². The molecule has 0 spiro atoms. The average molecular weight is 310 g/mol. The zero-order valence-corrected chi connectivity index (χ0v) is 12.6. The van der Waals surface area contributed by atoms with Crippen LogP contribution in [0.2, 0.25) is 0 Å². The Morgan fingerprint density at radius 1 is 1.44 bits per heavy atom. The molecule has 18 heavy (non-hydrogen) atoms. The van der Waals surface area contributed by atoms with Crippen LogP contribution in [-0.4, -0.2) is 18.9 Å². The number of aldehydes is 1. The number of hydrogen-bond acceptors (Lipinski definition) is 2. The summed E-state index contributed by atoms with van der Waals surface area (Å²) in [5.41, 5.74) is 1.89. The van der Waals surface area contributed by atoms with Gasteiger partial charge in [-0.3, -0.25) is 4.79 Å². The van der Waals surface area contributed by atoms with Gasteiger partial charge in [0.2, 0.25) is 0 Å². The standard InChI is InChI=1S/C15H20BrNO/c1-11(2)7-8-17(14-4-5-14)15-6-3-13(16)9-12(15)10-18/h3,6,9-11,14H,4-5,7-8H2,1-2H3. The van der Waals surface area contributed by atoms with Gasteiger partial charge >= 0.3 is 0 Å². The summed E-state index contributed by atoms with van der Waals surface area (Å²) in [7, 11) is 0. The van der Waals surface area contributed by atoms with Crippen LogP contribution in [0.1, 0.15) is 43.5 Å². The maximum absolute atomic E-state index is 11.2. The molecule has 2 rings (SSSR count). The molecule has 1 aliphatic carbocycles. The van der Waals surface area contributed by atoms with Gasteiger partial charge in [0.1, 0.15) is 0 Å². The highest BCUT2D eigenvalue weighted by molar-refractivity contribution is 9.10. The Balaban J connectivity index is 2.21. The molecular weight excluding hydrogens is 290 g/mol. The number of carbonyl (C=O) groups excluding carboxylic acids is 1. The molecule has 2 nitrogen and oxygen atoms in total. The summed E-state index contributed by atoms with van der Waals surface area (Å²) in [6.45, 7) is 5.53. The largest absolute Gasteiger partial charge is 0.368 e. The number of halogens is 1. The van der Waals surface area contributed by atoms with E-state index in [2.05, 4.69) is 40.7 Å². The van der Waals surface area contributed by atoms with Crippen LogP contribution in [0.4, 0.5) is 5.69 Å². The number of rotatable bonds is 6. The number of anilines is 1. The van der Waals surface area contributed by atoms with E-state index in [4.69, 9.17) is 0 Å². The molecule has 0 heterocycles. The molecule has 1 fully saturated rings. The Kier molecular flexibility index (Phi) is 4.44. The Bertz CT molecular complexity index is 427. The second-order valence-electron chi connectivity index (χ2n) is 5.43. The predicted molar refractivity (Wildman–Crippen MR) is 79.4 cm³/mol. The van der Waals surface area contributed by atoms with Gasteiger partial charge < -0.3 is 4.90 Å². The summed E-state index contributed by atoms with van der Waals surface area (Å²) < 4.78 is 0.966. The molecular formula is C15H20BrNO. The molecule has 1 saturated carbocycles. The number of benzene rings is 1. The third-order valence-electron chi connectivity index (χ3n) is 3.36. The van der Waals surface area contributed by atoms with Gasteiger partial charge in [0.25, 0.3) is 0 Å². The minimum atomic E-state index is 0.642. The molecule has 0 saturated heterocycles. The van der Waals surface area contributed by atoms with Crippen LogP contribution in [0.5, 0.6) is 0 Å². The smallest absolute Gasteiger partial charge is 0.152 e. The van der Waals surface area contributed by atoms with Crippen LogP contribution in [0.3, 0.4) is 0 Å². The average Bonchev–Trinajstić information content (AvgIpc) is 3.15. The third kappa shape index (κ3) is 3.35. The topological polar surface area (TPSA) is 20.3 Å². The van der Waals surface area contributed by atoms with E-state index in [1.165, 1.54) is 19.3 Å². The van der Waals surface area contributed by atoms with E-state index in [0.29, 0.717) is 12.0 Å². The maximum atomic E-state index is 11.2. The van der Waals surface area contributed by atoms with Crippen LogP contribution in [-0.2, 0) is 0 Å². The Hall–Kier alpha value is -0.830. The van der Waals surface area contributed by atoms with Crippen molar-refractivity contribution < 1.29 is 4.79 Å². The molecule has 0 unspecified atom stereocenters. The normalized spacial score (nSPS) is 14.9. The first-order chi connectivity index (χ1) is 8.61. The van der Waals surface area contributed by atoms with Gasteiger partial charge in [-0.2, -0.15) is 0 Å². The summed E-state index contributed by atoms with van der Waals surface area (Å²) in [4.78, 5) is 13.6. The quantitative estimate of drug-likeness (QED) is 0.731. The fourth-order valence-electron chi connectivity index (χ4n) is 2.16. The lowest BCUT2D eigenvalue weighted by atomic mass is 10.1. The highest BCUT2D eigenvalue weighted by Crippen LogP contribution is 2.34. The van der Waals surface area contributed by atoms with Crippen LogP contribution in [0, 0.1) is 5.92 Å². The van der Waals surface area contributed by atoms with Crippen molar-refractivity contribution in [3.05, 3.63) is 28.2 Å². The van der Waals surface area contributed by atoms with Gasteiger partial charge in [-0.05, 0) is 43.4 Å². The van der Waals surface area contributed by atoms with Crippen LogP contribution in [0.15, 0.2) is 22.7 Å². The van der Waals surface area contributed by atoms with Crippen LogP contribution >= 0.6 is 15.9 Å². The highest BCUT2D eigenvalue weighted by atomic mass is 79.9. The summed E-state index contributed by atoms with van der Waals surface area (Å²) in [6.07, 6.45) is 4.65. The van der Waals surface area contributed by atoms with Gasteiger partial charge in [-0.15, -0.1) is 0 Å². The van der Waals surface area contributed by atoms with Gasteiger partial charge in [0.15, 0.2) is 6.29 Å². The molecule has 0 radical (unpaired) electrons. The van der Waals surface area contributed by atoms with Crippen molar-refractivity contribution in [3.63, 3.8) is 0 Å². The number of hydrogen-bond donors (Lipinski definition) is 0. The van der Waals surface area contributed by atoms with Crippen molar-refractivity contribution in [2.75, 3.05) is 11.4 Å². The Labute approximate surface area is 117 Å². The first-order valence-corrected chi connectivity index (χ1v) is 7.42. The van der Waals surface area contributed by atoms with Crippen LogP contribution < -0.4 is 4.90 Å². The molecule has 3 heteroatoms. The van der Waals surface area contributed by atoms with Crippen molar-refractivity contribution in [1.29, 1.82) is 0 Å². The SMILES string of the molecule is CC(C)CCN(c1ccc(Br)cc1C=O)C1CC1.